The lowest BCUT2D eigenvalue weighted by Crippen LogP contribution is -2.63. The molecule has 0 saturated carbocycles. The third-order valence-corrected chi connectivity index (χ3v) is 7.64. The molecule has 8 heteroatoms. The molecule has 1 aliphatic heterocycles. The molecule has 0 aliphatic carbocycles. The highest BCUT2D eigenvalue weighted by atomic mass is 35.5. The Morgan fingerprint density at radius 2 is 1.97 bits per heavy atom. The number of aryl methyl sites for hydroxylation is 1. The van der Waals surface area contributed by atoms with Crippen LogP contribution in [0.2, 0.25) is 5.02 Å². The minimum Gasteiger partial charge on any atom is -0.350 e. The van der Waals surface area contributed by atoms with Crippen molar-refractivity contribution >= 4 is 34.8 Å². The van der Waals surface area contributed by atoms with Crippen molar-refractivity contribution in [2.24, 2.45) is 0 Å². The van der Waals surface area contributed by atoms with Gasteiger partial charge in [0, 0.05) is 18.1 Å². The first-order valence-electron chi connectivity index (χ1n) is 11.4. The Hall–Kier alpha value is -3.42. The maximum atomic E-state index is 13.8. The first-order valence-corrected chi connectivity index (χ1v) is 12.6. The number of benzene rings is 2. The standard InChI is InChI=1S/C27H25ClN4O2S/c1-18-7-5-8-19(13-18)15-29-26(34)27(2)17-32-23(14-22(30-32)24-11-6-12-35-24)25(33)31(27)16-20-9-3-4-10-21(20)28/h3-14H,15-17H2,1-2H3,(H,29,34)/t27-/m1/s1. The topological polar surface area (TPSA) is 67.2 Å². The molecule has 4 aromatic rings. The number of nitrogens with one attached hydrogen (secondary N) is 1. The maximum Gasteiger partial charge on any atom is 0.273 e. The lowest BCUT2D eigenvalue weighted by molar-refractivity contribution is -0.133. The van der Waals surface area contributed by atoms with Gasteiger partial charge in [-0.05, 0) is 48.6 Å². The molecule has 0 bridgehead atoms. The number of fused-ring (bicyclic) bond motifs is 1. The third-order valence-electron chi connectivity index (χ3n) is 6.38. The van der Waals surface area contributed by atoms with E-state index in [1.807, 2.05) is 66.9 Å². The second-order valence-electron chi connectivity index (χ2n) is 8.98. The molecule has 0 fully saturated rings. The molecule has 1 N–H and O–H groups in total. The van der Waals surface area contributed by atoms with Gasteiger partial charge in [-0.2, -0.15) is 5.10 Å². The second-order valence-corrected chi connectivity index (χ2v) is 10.3. The fourth-order valence-corrected chi connectivity index (χ4v) is 5.30. The van der Waals surface area contributed by atoms with Gasteiger partial charge in [0.05, 0.1) is 11.4 Å². The van der Waals surface area contributed by atoms with Crippen molar-refractivity contribution in [2.75, 3.05) is 0 Å². The summed E-state index contributed by atoms with van der Waals surface area (Å²) >= 11 is 8.00. The van der Waals surface area contributed by atoms with E-state index in [0.29, 0.717) is 17.3 Å². The van der Waals surface area contributed by atoms with Crippen molar-refractivity contribution in [1.29, 1.82) is 0 Å². The monoisotopic (exact) mass is 504 g/mol. The molecule has 35 heavy (non-hydrogen) atoms. The summed E-state index contributed by atoms with van der Waals surface area (Å²) < 4.78 is 1.66. The molecular weight excluding hydrogens is 480 g/mol. The van der Waals surface area contributed by atoms with Crippen molar-refractivity contribution in [3.8, 4) is 10.6 Å². The number of hydrogen-bond acceptors (Lipinski definition) is 4. The van der Waals surface area contributed by atoms with Crippen LogP contribution in [0.25, 0.3) is 10.6 Å². The summed E-state index contributed by atoms with van der Waals surface area (Å²) in [6, 6.07) is 21.1. The van der Waals surface area contributed by atoms with Crippen LogP contribution >= 0.6 is 22.9 Å². The first-order chi connectivity index (χ1) is 16.8. The zero-order valence-corrected chi connectivity index (χ0v) is 21.1. The largest absolute Gasteiger partial charge is 0.350 e. The lowest BCUT2D eigenvalue weighted by atomic mass is 9.94. The minimum absolute atomic E-state index is 0.215. The third kappa shape index (κ3) is 4.49. The molecule has 2 aromatic heterocycles. The fraction of sp³-hybridized carbons (Fsp3) is 0.222. The minimum atomic E-state index is -1.16. The molecule has 6 nitrogen and oxygen atoms in total. The number of nitrogens with zero attached hydrogens (tertiary/aromatic N) is 3. The van der Waals surface area contributed by atoms with E-state index in [9.17, 15) is 9.59 Å². The van der Waals surface area contributed by atoms with Crippen LogP contribution in [-0.4, -0.2) is 32.0 Å². The number of halogens is 1. The highest BCUT2D eigenvalue weighted by Gasteiger charge is 2.48. The molecule has 0 unspecified atom stereocenters. The van der Waals surface area contributed by atoms with Gasteiger partial charge in [0.15, 0.2) is 0 Å². The highest BCUT2D eigenvalue weighted by Crippen LogP contribution is 2.33. The second kappa shape index (κ2) is 9.32. The molecule has 0 radical (unpaired) electrons. The quantitative estimate of drug-likeness (QED) is 0.387. The van der Waals surface area contributed by atoms with Gasteiger partial charge in [0.2, 0.25) is 5.91 Å². The number of thiophene rings is 1. The van der Waals surface area contributed by atoms with Crippen molar-refractivity contribution in [2.45, 2.75) is 39.0 Å². The molecule has 2 aromatic carbocycles. The van der Waals surface area contributed by atoms with Crippen LogP contribution in [0.3, 0.4) is 0 Å². The van der Waals surface area contributed by atoms with Gasteiger partial charge in [-0.15, -0.1) is 11.3 Å². The Bertz CT molecular complexity index is 1400. The molecular formula is C27H25ClN4O2S. The Morgan fingerprint density at radius 3 is 2.71 bits per heavy atom. The predicted molar refractivity (Wildman–Crippen MR) is 138 cm³/mol. The zero-order chi connectivity index (χ0) is 24.6. The van der Waals surface area contributed by atoms with E-state index in [2.05, 4.69) is 10.4 Å². The summed E-state index contributed by atoms with van der Waals surface area (Å²) in [5.41, 5.74) is 2.94. The van der Waals surface area contributed by atoms with Crippen LogP contribution in [0.5, 0.6) is 0 Å². The van der Waals surface area contributed by atoms with Gasteiger partial charge in [0.1, 0.15) is 16.9 Å². The molecule has 178 valence electrons. The first kappa shape index (κ1) is 23.3. The molecule has 3 heterocycles. The van der Waals surface area contributed by atoms with Crippen molar-refractivity contribution in [1.82, 2.24) is 20.0 Å². The summed E-state index contributed by atoms with van der Waals surface area (Å²) in [6.07, 6.45) is 0. The van der Waals surface area contributed by atoms with E-state index in [4.69, 9.17) is 11.6 Å². The van der Waals surface area contributed by atoms with Crippen LogP contribution in [-0.2, 0) is 24.4 Å². The van der Waals surface area contributed by atoms with Crippen molar-refractivity contribution in [3.63, 3.8) is 0 Å². The van der Waals surface area contributed by atoms with E-state index in [-0.39, 0.29) is 24.9 Å². The smallest absolute Gasteiger partial charge is 0.273 e. The molecule has 2 amide bonds. The van der Waals surface area contributed by atoms with Crippen LogP contribution in [0, 0.1) is 6.92 Å². The normalized spacial score (nSPS) is 17.3. The number of amides is 2. The zero-order valence-electron chi connectivity index (χ0n) is 19.5. The Morgan fingerprint density at radius 1 is 1.14 bits per heavy atom. The molecule has 5 rings (SSSR count). The van der Waals surface area contributed by atoms with Gasteiger partial charge in [-0.3, -0.25) is 14.3 Å². The summed E-state index contributed by atoms with van der Waals surface area (Å²) in [7, 11) is 0. The van der Waals surface area contributed by atoms with Gasteiger partial charge >= 0.3 is 0 Å². The number of aromatic nitrogens is 2. The van der Waals surface area contributed by atoms with E-state index < -0.39 is 5.54 Å². The molecule has 0 spiro atoms. The molecule has 1 atom stereocenters. The lowest BCUT2D eigenvalue weighted by Gasteiger charge is -2.43. The average Bonchev–Trinajstić information content (AvgIpc) is 3.51. The van der Waals surface area contributed by atoms with Crippen LogP contribution in [0.4, 0.5) is 0 Å². The number of carbonyl (C=O) groups is 2. The van der Waals surface area contributed by atoms with Gasteiger partial charge < -0.3 is 10.2 Å². The van der Waals surface area contributed by atoms with E-state index in [1.54, 1.807) is 40.0 Å². The molecule has 1 aliphatic rings. The summed E-state index contributed by atoms with van der Waals surface area (Å²) in [4.78, 5) is 30.1. The van der Waals surface area contributed by atoms with Gasteiger partial charge in [0.25, 0.3) is 5.91 Å². The van der Waals surface area contributed by atoms with Gasteiger partial charge in [-0.1, -0.05) is 65.7 Å². The van der Waals surface area contributed by atoms with E-state index in [0.717, 1.165) is 27.3 Å². The summed E-state index contributed by atoms with van der Waals surface area (Å²) in [5, 5.41) is 10.3. The van der Waals surface area contributed by atoms with Crippen LogP contribution in [0.1, 0.15) is 34.1 Å². The highest BCUT2D eigenvalue weighted by molar-refractivity contribution is 7.13. The van der Waals surface area contributed by atoms with Crippen molar-refractivity contribution in [3.05, 3.63) is 99.5 Å². The van der Waals surface area contributed by atoms with E-state index >= 15 is 0 Å². The summed E-state index contributed by atoms with van der Waals surface area (Å²) in [6.45, 7) is 4.64. The van der Waals surface area contributed by atoms with Crippen LogP contribution in [0.15, 0.2) is 72.1 Å². The fourth-order valence-electron chi connectivity index (χ4n) is 4.43. The Labute approximate surface area is 213 Å². The average molecular weight is 505 g/mol. The van der Waals surface area contributed by atoms with Crippen molar-refractivity contribution < 1.29 is 9.59 Å². The predicted octanol–water partition coefficient (Wildman–Crippen LogP) is 5.30. The molecule has 0 saturated heterocycles. The maximum absolute atomic E-state index is 13.8. The van der Waals surface area contributed by atoms with E-state index in [1.165, 1.54) is 0 Å². The Balaban J connectivity index is 1.50. The number of carbonyl (C=O) groups excluding carboxylic acids is 2. The Kier molecular flexibility index (Phi) is 6.21. The van der Waals surface area contributed by atoms with Crippen LogP contribution < -0.4 is 5.32 Å². The SMILES string of the molecule is Cc1cccc(CNC(=O)[C@@]2(C)Cn3nc(-c4cccs4)cc3C(=O)N2Cc2ccccc2Cl)c1. The van der Waals surface area contributed by atoms with Gasteiger partial charge in [-0.25, -0.2) is 0 Å². The number of rotatable bonds is 6. The number of hydrogen-bond donors (Lipinski definition) is 1. The summed E-state index contributed by atoms with van der Waals surface area (Å²) in [5.74, 6) is -0.488.